The van der Waals surface area contributed by atoms with Gasteiger partial charge in [0.25, 0.3) is 11.6 Å². The van der Waals surface area contributed by atoms with Gasteiger partial charge in [0.1, 0.15) is 17.1 Å². The van der Waals surface area contributed by atoms with Crippen LogP contribution in [0, 0.1) is 15.9 Å². The molecule has 2 N–H and O–H groups in total. The number of hydrogen-bond donors (Lipinski definition) is 1. The summed E-state index contributed by atoms with van der Waals surface area (Å²) in [6.45, 7) is 0. The zero-order valence-electron chi connectivity index (χ0n) is 10.8. The van der Waals surface area contributed by atoms with E-state index in [1.165, 1.54) is 4.90 Å². The van der Waals surface area contributed by atoms with Gasteiger partial charge < -0.3 is 10.6 Å². The molecule has 8 heteroatoms. The second-order valence-electron chi connectivity index (χ2n) is 4.55. The lowest BCUT2D eigenvalue weighted by molar-refractivity contribution is -0.384. The van der Waals surface area contributed by atoms with E-state index in [2.05, 4.69) is 0 Å². The summed E-state index contributed by atoms with van der Waals surface area (Å²) < 4.78 is 13.8. The zero-order valence-corrected chi connectivity index (χ0v) is 11.7. The lowest BCUT2D eigenvalue weighted by atomic mass is 10.1. The first-order valence-corrected chi connectivity index (χ1v) is 7.16. The molecule has 0 saturated carbocycles. The van der Waals surface area contributed by atoms with Crippen LogP contribution in [0.15, 0.2) is 12.1 Å². The molecule has 0 radical (unpaired) electrons. The van der Waals surface area contributed by atoms with Gasteiger partial charge in [0.15, 0.2) is 0 Å². The van der Waals surface area contributed by atoms with E-state index in [4.69, 9.17) is 5.73 Å². The highest BCUT2D eigenvalue weighted by molar-refractivity contribution is 7.99. The fourth-order valence-electron chi connectivity index (χ4n) is 2.13. The Hall–Kier alpha value is -1.83. The van der Waals surface area contributed by atoms with Gasteiger partial charge in [-0.1, -0.05) is 0 Å². The summed E-state index contributed by atoms with van der Waals surface area (Å²) in [5.41, 5.74) is 4.30. The molecule has 0 aromatic heterocycles. The van der Waals surface area contributed by atoms with Gasteiger partial charge in [0.2, 0.25) is 0 Å². The Labute approximate surface area is 119 Å². The van der Waals surface area contributed by atoms with Crippen LogP contribution in [0.25, 0.3) is 0 Å². The highest BCUT2D eigenvalue weighted by atomic mass is 32.2. The molecule has 20 heavy (non-hydrogen) atoms. The van der Waals surface area contributed by atoms with Crippen LogP contribution in [-0.2, 0) is 0 Å². The van der Waals surface area contributed by atoms with Crippen molar-refractivity contribution in [3.05, 3.63) is 33.6 Å². The first-order valence-electron chi connectivity index (χ1n) is 6.00. The van der Waals surface area contributed by atoms with Crippen molar-refractivity contribution in [1.82, 2.24) is 4.90 Å². The highest BCUT2D eigenvalue weighted by Gasteiger charge is 2.30. The number of anilines is 1. The molecule has 0 bridgehead atoms. The number of benzene rings is 1. The third-order valence-electron chi connectivity index (χ3n) is 3.36. The van der Waals surface area contributed by atoms with Crippen LogP contribution in [0.1, 0.15) is 16.8 Å². The Morgan fingerprint density at radius 1 is 1.60 bits per heavy atom. The molecule has 0 spiro atoms. The fraction of sp³-hybridized carbons (Fsp3) is 0.417. The number of nitrogens with zero attached hydrogens (tertiary/aromatic N) is 2. The van der Waals surface area contributed by atoms with Crippen molar-refractivity contribution in [3.63, 3.8) is 0 Å². The molecular weight excluding hydrogens is 285 g/mol. The monoisotopic (exact) mass is 299 g/mol. The van der Waals surface area contributed by atoms with Crippen LogP contribution < -0.4 is 5.73 Å². The molecule has 1 aliphatic rings. The Kier molecular flexibility index (Phi) is 4.12. The van der Waals surface area contributed by atoms with Crippen LogP contribution >= 0.6 is 11.8 Å². The minimum Gasteiger partial charge on any atom is -0.392 e. The van der Waals surface area contributed by atoms with Crippen molar-refractivity contribution in [3.8, 4) is 0 Å². The van der Waals surface area contributed by atoms with Crippen molar-refractivity contribution in [2.24, 2.45) is 0 Å². The van der Waals surface area contributed by atoms with Gasteiger partial charge in [-0.05, 0) is 18.2 Å². The average molecular weight is 299 g/mol. The SMILES string of the molecule is CN(C(=O)c1c(F)ccc([N+](=O)[O-])c1N)C1CCSC1. The van der Waals surface area contributed by atoms with Gasteiger partial charge in [-0.2, -0.15) is 11.8 Å². The first kappa shape index (κ1) is 14.6. The molecule has 1 aliphatic heterocycles. The number of nitrogen functional groups attached to an aromatic ring is 1. The van der Waals surface area contributed by atoms with Crippen molar-refractivity contribution in [2.45, 2.75) is 12.5 Å². The van der Waals surface area contributed by atoms with E-state index >= 15 is 0 Å². The number of nitro benzene ring substituents is 1. The molecule has 1 unspecified atom stereocenters. The summed E-state index contributed by atoms with van der Waals surface area (Å²) >= 11 is 1.71. The molecule has 1 aromatic carbocycles. The van der Waals surface area contributed by atoms with Crippen LogP contribution in [0.5, 0.6) is 0 Å². The minimum atomic E-state index is -0.837. The normalized spacial score (nSPS) is 18.0. The molecule has 1 fully saturated rings. The van der Waals surface area contributed by atoms with Crippen molar-refractivity contribution < 1.29 is 14.1 Å². The maximum atomic E-state index is 13.8. The van der Waals surface area contributed by atoms with Gasteiger partial charge in [0, 0.05) is 24.9 Å². The molecule has 1 saturated heterocycles. The Bertz CT molecular complexity index is 561. The largest absolute Gasteiger partial charge is 0.392 e. The zero-order chi connectivity index (χ0) is 14.9. The topological polar surface area (TPSA) is 89.5 Å². The van der Waals surface area contributed by atoms with Gasteiger partial charge in [-0.15, -0.1) is 0 Å². The molecule has 0 aliphatic carbocycles. The third kappa shape index (κ3) is 2.55. The van der Waals surface area contributed by atoms with E-state index in [1.807, 2.05) is 0 Å². The average Bonchev–Trinajstić information content (AvgIpc) is 2.91. The summed E-state index contributed by atoms with van der Waals surface area (Å²) in [7, 11) is 1.57. The van der Waals surface area contributed by atoms with Gasteiger partial charge in [0.05, 0.1) is 4.92 Å². The van der Waals surface area contributed by atoms with Crippen LogP contribution in [0.2, 0.25) is 0 Å². The third-order valence-corrected chi connectivity index (χ3v) is 4.50. The van der Waals surface area contributed by atoms with E-state index in [1.54, 1.807) is 18.8 Å². The van der Waals surface area contributed by atoms with Gasteiger partial charge in [-0.3, -0.25) is 14.9 Å². The van der Waals surface area contributed by atoms with E-state index < -0.39 is 33.6 Å². The highest BCUT2D eigenvalue weighted by Crippen LogP contribution is 2.30. The summed E-state index contributed by atoms with van der Waals surface area (Å²) in [4.78, 5) is 23.8. The number of amides is 1. The number of nitro groups is 1. The lowest BCUT2D eigenvalue weighted by Gasteiger charge is -2.24. The molecule has 2 rings (SSSR count). The number of nitrogens with two attached hydrogens (primary N) is 1. The van der Waals surface area contributed by atoms with E-state index in [-0.39, 0.29) is 6.04 Å². The minimum absolute atomic E-state index is 0.00515. The smallest absolute Gasteiger partial charge is 0.293 e. The van der Waals surface area contributed by atoms with Crippen molar-refractivity contribution in [2.75, 3.05) is 24.3 Å². The van der Waals surface area contributed by atoms with Crippen LogP contribution in [0.3, 0.4) is 0 Å². The second-order valence-corrected chi connectivity index (χ2v) is 5.70. The second kappa shape index (κ2) is 5.66. The molecule has 1 heterocycles. The number of halogens is 1. The Balaban J connectivity index is 2.38. The number of thioether (sulfide) groups is 1. The van der Waals surface area contributed by atoms with Crippen LogP contribution in [0.4, 0.5) is 15.8 Å². The molecular formula is C12H14FN3O3S. The van der Waals surface area contributed by atoms with Gasteiger partial charge >= 0.3 is 0 Å². The maximum Gasteiger partial charge on any atom is 0.293 e. The van der Waals surface area contributed by atoms with Crippen molar-refractivity contribution >= 4 is 29.0 Å². The Morgan fingerprint density at radius 3 is 2.85 bits per heavy atom. The molecule has 6 nitrogen and oxygen atoms in total. The number of carbonyl (C=O) groups excluding carboxylic acids is 1. The number of hydrogen-bond acceptors (Lipinski definition) is 5. The first-order chi connectivity index (χ1) is 9.43. The van der Waals surface area contributed by atoms with E-state index in [0.717, 1.165) is 30.1 Å². The summed E-state index contributed by atoms with van der Waals surface area (Å²) in [5, 5.41) is 10.8. The van der Waals surface area contributed by atoms with Gasteiger partial charge in [-0.25, -0.2) is 4.39 Å². The van der Waals surface area contributed by atoms with E-state index in [0.29, 0.717) is 0 Å². The lowest BCUT2D eigenvalue weighted by Crippen LogP contribution is -2.37. The molecule has 1 amide bonds. The molecule has 1 aromatic rings. The maximum absolute atomic E-state index is 13.8. The van der Waals surface area contributed by atoms with Crippen LogP contribution in [-0.4, -0.2) is 40.3 Å². The molecule has 108 valence electrons. The standard InChI is InChI=1S/C12H14FN3O3S/c1-15(7-4-5-20-6-7)12(17)10-8(13)2-3-9(11(10)14)16(18)19/h2-3,7H,4-6,14H2,1H3. The molecule has 1 atom stereocenters. The number of carbonyl (C=O) groups is 1. The fourth-order valence-corrected chi connectivity index (χ4v) is 3.40. The quantitative estimate of drug-likeness (QED) is 0.523. The summed E-state index contributed by atoms with van der Waals surface area (Å²) in [6, 6.07) is 1.87. The summed E-state index contributed by atoms with van der Waals surface area (Å²) in [6.07, 6.45) is 0.823. The predicted molar refractivity (Wildman–Crippen MR) is 75.3 cm³/mol. The van der Waals surface area contributed by atoms with Crippen molar-refractivity contribution in [1.29, 1.82) is 0 Å². The van der Waals surface area contributed by atoms with E-state index in [9.17, 15) is 19.3 Å². The number of rotatable bonds is 3. The Morgan fingerprint density at radius 2 is 2.30 bits per heavy atom. The summed E-state index contributed by atoms with van der Waals surface area (Å²) in [5.74, 6) is 0.264. The predicted octanol–water partition coefficient (Wildman–Crippen LogP) is 1.89.